The Labute approximate surface area is 151 Å². The molecule has 2 rings (SSSR count). The summed E-state index contributed by atoms with van der Waals surface area (Å²) in [5.41, 5.74) is 5.08. The first-order chi connectivity index (χ1) is 11.9. The van der Waals surface area contributed by atoms with Crippen LogP contribution in [0.25, 0.3) is 0 Å². The van der Waals surface area contributed by atoms with E-state index in [-0.39, 0.29) is 11.9 Å². The molecule has 0 radical (unpaired) electrons. The molecule has 0 spiro atoms. The van der Waals surface area contributed by atoms with Crippen molar-refractivity contribution in [3.63, 3.8) is 0 Å². The Kier molecular flexibility index (Phi) is 6.24. The molecule has 3 heteroatoms. The molecule has 0 saturated carbocycles. The summed E-state index contributed by atoms with van der Waals surface area (Å²) in [5, 5.41) is 3.20. The molecule has 2 aromatic carbocycles. The third kappa shape index (κ3) is 4.22. The highest BCUT2D eigenvalue weighted by molar-refractivity contribution is 5.96. The Morgan fingerprint density at radius 3 is 2.32 bits per heavy atom. The number of carbonyl (C=O) groups is 1. The molecular weight excluding hydrogens is 310 g/mol. The zero-order valence-electron chi connectivity index (χ0n) is 16.1. The smallest absolute Gasteiger partial charge is 0.252 e. The highest BCUT2D eigenvalue weighted by Gasteiger charge is 2.19. The largest absolute Gasteiger partial charge is 0.496 e. The summed E-state index contributed by atoms with van der Waals surface area (Å²) in [6, 6.07) is 12.2. The standard InChI is InChI=1S/C22H29NO2/c1-7-20(17-11-9-8-10-15(17)4)23-22(24)19-13-18(14(2)3)21(25-6)12-16(19)5/h8-14,20H,7H2,1-6H3,(H,23,24)/t20-/m1/s1. The Balaban J connectivity index is 2.34. The van der Waals surface area contributed by atoms with Crippen molar-refractivity contribution in [2.24, 2.45) is 0 Å². The molecule has 0 aliphatic heterocycles. The van der Waals surface area contributed by atoms with Crippen molar-refractivity contribution in [3.05, 3.63) is 64.2 Å². The maximum absolute atomic E-state index is 12.9. The number of aryl methyl sites for hydroxylation is 2. The van der Waals surface area contributed by atoms with Crippen molar-refractivity contribution in [2.75, 3.05) is 7.11 Å². The van der Waals surface area contributed by atoms with Gasteiger partial charge in [0.15, 0.2) is 0 Å². The van der Waals surface area contributed by atoms with Crippen molar-refractivity contribution >= 4 is 5.91 Å². The Morgan fingerprint density at radius 2 is 1.76 bits per heavy atom. The number of amides is 1. The normalized spacial score (nSPS) is 12.1. The molecule has 25 heavy (non-hydrogen) atoms. The minimum atomic E-state index is -0.0304. The molecule has 3 nitrogen and oxygen atoms in total. The van der Waals surface area contributed by atoms with Gasteiger partial charge in [-0.2, -0.15) is 0 Å². The van der Waals surface area contributed by atoms with Gasteiger partial charge in [-0.1, -0.05) is 45.0 Å². The minimum Gasteiger partial charge on any atom is -0.496 e. The molecule has 0 fully saturated rings. The quantitative estimate of drug-likeness (QED) is 0.774. The van der Waals surface area contributed by atoms with Crippen LogP contribution < -0.4 is 10.1 Å². The van der Waals surface area contributed by atoms with Crippen LogP contribution >= 0.6 is 0 Å². The molecular formula is C22H29NO2. The van der Waals surface area contributed by atoms with Gasteiger partial charge in [0, 0.05) is 5.56 Å². The zero-order valence-corrected chi connectivity index (χ0v) is 16.1. The van der Waals surface area contributed by atoms with E-state index in [1.54, 1.807) is 7.11 Å². The molecule has 0 aliphatic carbocycles. The molecule has 0 saturated heterocycles. The first-order valence-electron chi connectivity index (χ1n) is 8.93. The molecule has 0 aromatic heterocycles. The van der Waals surface area contributed by atoms with E-state index in [9.17, 15) is 4.79 Å². The second kappa shape index (κ2) is 8.19. The lowest BCUT2D eigenvalue weighted by atomic mass is 9.95. The van der Waals surface area contributed by atoms with Gasteiger partial charge in [-0.15, -0.1) is 0 Å². The second-order valence-electron chi connectivity index (χ2n) is 6.85. The van der Waals surface area contributed by atoms with Crippen molar-refractivity contribution in [1.82, 2.24) is 5.32 Å². The number of carbonyl (C=O) groups excluding carboxylic acids is 1. The summed E-state index contributed by atoms with van der Waals surface area (Å²) in [6.45, 7) is 10.3. The molecule has 0 aliphatic rings. The van der Waals surface area contributed by atoms with Crippen molar-refractivity contribution < 1.29 is 9.53 Å². The predicted molar refractivity (Wildman–Crippen MR) is 103 cm³/mol. The summed E-state index contributed by atoms with van der Waals surface area (Å²) in [7, 11) is 1.67. The van der Waals surface area contributed by atoms with Crippen LogP contribution in [-0.2, 0) is 0 Å². The van der Waals surface area contributed by atoms with Gasteiger partial charge in [-0.05, 0) is 60.6 Å². The van der Waals surface area contributed by atoms with E-state index < -0.39 is 0 Å². The number of hydrogen-bond acceptors (Lipinski definition) is 2. The van der Waals surface area contributed by atoms with Crippen LogP contribution in [0.15, 0.2) is 36.4 Å². The van der Waals surface area contributed by atoms with Crippen LogP contribution in [0.1, 0.15) is 71.8 Å². The van der Waals surface area contributed by atoms with Crippen LogP contribution in [0.3, 0.4) is 0 Å². The monoisotopic (exact) mass is 339 g/mol. The van der Waals surface area contributed by atoms with Crippen LogP contribution in [0.5, 0.6) is 5.75 Å². The number of ether oxygens (including phenoxy) is 1. The molecule has 1 N–H and O–H groups in total. The summed E-state index contributed by atoms with van der Waals surface area (Å²) < 4.78 is 5.48. The van der Waals surface area contributed by atoms with Crippen molar-refractivity contribution in [2.45, 2.75) is 53.0 Å². The lowest BCUT2D eigenvalue weighted by Gasteiger charge is -2.21. The van der Waals surface area contributed by atoms with E-state index in [1.165, 1.54) is 11.1 Å². The lowest BCUT2D eigenvalue weighted by Crippen LogP contribution is -2.29. The predicted octanol–water partition coefficient (Wildman–Crippen LogP) is 5.32. The number of nitrogens with one attached hydrogen (secondary N) is 1. The maximum atomic E-state index is 12.9. The zero-order chi connectivity index (χ0) is 18.6. The van der Waals surface area contributed by atoms with Gasteiger partial charge in [0.2, 0.25) is 0 Å². The molecule has 0 bridgehead atoms. The Morgan fingerprint density at radius 1 is 1.08 bits per heavy atom. The SMILES string of the molecule is CC[C@@H](NC(=O)c1cc(C(C)C)c(OC)cc1C)c1ccccc1C. The van der Waals surface area contributed by atoms with E-state index >= 15 is 0 Å². The van der Waals surface area contributed by atoms with Crippen LogP contribution in [0, 0.1) is 13.8 Å². The Hall–Kier alpha value is -2.29. The molecule has 0 unspecified atom stereocenters. The lowest BCUT2D eigenvalue weighted by molar-refractivity contribution is 0.0934. The van der Waals surface area contributed by atoms with Gasteiger partial charge in [-0.25, -0.2) is 0 Å². The highest BCUT2D eigenvalue weighted by Crippen LogP contribution is 2.30. The van der Waals surface area contributed by atoms with Gasteiger partial charge in [0.25, 0.3) is 5.91 Å². The molecule has 0 heterocycles. The average molecular weight is 339 g/mol. The maximum Gasteiger partial charge on any atom is 0.252 e. The summed E-state index contributed by atoms with van der Waals surface area (Å²) in [5.74, 6) is 1.10. The first kappa shape index (κ1) is 19.0. The molecule has 2 aromatic rings. The van der Waals surface area contributed by atoms with E-state index in [0.29, 0.717) is 5.92 Å². The summed E-state index contributed by atoms with van der Waals surface area (Å²) >= 11 is 0. The Bertz CT molecular complexity index is 750. The topological polar surface area (TPSA) is 38.3 Å². The third-order valence-corrected chi connectivity index (χ3v) is 4.72. The molecule has 1 atom stereocenters. The molecule has 1 amide bonds. The van der Waals surface area contributed by atoms with E-state index in [4.69, 9.17) is 4.74 Å². The van der Waals surface area contributed by atoms with Crippen LogP contribution in [0.2, 0.25) is 0 Å². The molecule has 134 valence electrons. The highest BCUT2D eigenvalue weighted by atomic mass is 16.5. The number of methoxy groups -OCH3 is 1. The third-order valence-electron chi connectivity index (χ3n) is 4.72. The fourth-order valence-corrected chi connectivity index (χ4v) is 3.18. The van der Waals surface area contributed by atoms with Gasteiger partial charge in [-0.3, -0.25) is 4.79 Å². The fourth-order valence-electron chi connectivity index (χ4n) is 3.18. The number of hydrogen-bond donors (Lipinski definition) is 1. The number of rotatable bonds is 6. The van der Waals surface area contributed by atoms with Gasteiger partial charge in [0.05, 0.1) is 13.2 Å². The average Bonchev–Trinajstić information content (AvgIpc) is 2.59. The van der Waals surface area contributed by atoms with E-state index in [1.807, 2.05) is 31.2 Å². The summed E-state index contributed by atoms with van der Waals surface area (Å²) in [4.78, 5) is 12.9. The fraction of sp³-hybridized carbons (Fsp3) is 0.409. The van der Waals surface area contributed by atoms with Crippen molar-refractivity contribution in [3.8, 4) is 5.75 Å². The van der Waals surface area contributed by atoms with Crippen LogP contribution in [-0.4, -0.2) is 13.0 Å². The van der Waals surface area contributed by atoms with Gasteiger partial charge >= 0.3 is 0 Å². The van der Waals surface area contributed by atoms with Gasteiger partial charge < -0.3 is 10.1 Å². The van der Waals surface area contributed by atoms with E-state index in [0.717, 1.165) is 28.9 Å². The van der Waals surface area contributed by atoms with Gasteiger partial charge in [0.1, 0.15) is 5.75 Å². The minimum absolute atomic E-state index is 0.0118. The number of benzene rings is 2. The van der Waals surface area contributed by atoms with Crippen LogP contribution in [0.4, 0.5) is 0 Å². The van der Waals surface area contributed by atoms with Crippen molar-refractivity contribution in [1.29, 1.82) is 0 Å². The summed E-state index contributed by atoms with van der Waals surface area (Å²) in [6.07, 6.45) is 0.850. The first-order valence-corrected chi connectivity index (χ1v) is 8.93. The van der Waals surface area contributed by atoms with E-state index in [2.05, 4.69) is 45.1 Å². The second-order valence-corrected chi connectivity index (χ2v) is 6.85.